The zero-order chi connectivity index (χ0) is 14.0. The van der Waals surface area contributed by atoms with Gasteiger partial charge >= 0.3 is 0 Å². The van der Waals surface area contributed by atoms with E-state index in [-0.39, 0.29) is 12.5 Å². The molecule has 1 aromatic carbocycles. The largest absolute Gasteiger partial charge is 0.483 e. The van der Waals surface area contributed by atoms with E-state index in [9.17, 15) is 14.3 Å². The summed E-state index contributed by atoms with van der Waals surface area (Å²) in [6.45, 7) is 1.43. The summed E-state index contributed by atoms with van der Waals surface area (Å²) in [6.07, 6.45) is 1.23. The minimum atomic E-state index is -0.845. The van der Waals surface area contributed by atoms with Gasteiger partial charge in [-0.3, -0.25) is 4.79 Å². The topological polar surface area (TPSA) is 49.8 Å². The molecule has 0 heterocycles. The number of benzene rings is 1. The van der Waals surface area contributed by atoms with Gasteiger partial charge in [-0.15, -0.1) is 0 Å². The number of rotatable bonds is 5. The van der Waals surface area contributed by atoms with Gasteiger partial charge in [0.2, 0.25) is 0 Å². The molecule has 1 aromatic rings. The Bertz CT molecular complexity index is 472. The maximum absolute atomic E-state index is 13.1. The van der Waals surface area contributed by atoms with E-state index in [4.69, 9.17) is 4.74 Å². The van der Waals surface area contributed by atoms with Gasteiger partial charge in [0.15, 0.2) is 6.61 Å². The Morgan fingerprint density at radius 2 is 2.26 bits per heavy atom. The van der Waals surface area contributed by atoms with E-state index in [0.29, 0.717) is 17.4 Å². The van der Waals surface area contributed by atoms with Crippen molar-refractivity contribution >= 4 is 5.91 Å². The average molecular weight is 267 g/mol. The number of aliphatic hydroxyl groups excluding tert-OH is 1. The number of carbonyl (C=O) groups is 1. The van der Waals surface area contributed by atoms with Gasteiger partial charge in [-0.2, -0.15) is 0 Å². The number of aliphatic hydroxyl groups is 1. The van der Waals surface area contributed by atoms with Crippen molar-refractivity contribution in [1.82, 2.24) is 4.90 Å². The number of carbonyl (C=O) groups excluding carboxylic acids is 1. The maximum atomic E-state index is 13.1. The summed E-state index contributed by atoms with van der Waals surface area (Å²) in [5.41, 5.74) is 0.349. The third-order valence-corrected chi connectivity index (χ3v) is 3.26. The van der Waals surface area contributed by atoms with Gasteiger partial charge in [-0.1, -0.05) is 0 Å². The highest BCUT2D eigenvalue weighted by atomic mass is 19.1. The lowest BCUT2D eigenvalue weighted by atomic mass is 10.1. The monoisotopic (exact) mass is 267 g/mol. The van der Waals surface area contributed by atoms with E-state index in [1.165, 1.54) is 25.1 Å². The minimum absolute atomic E-state index is 0.0989. The van der Waals surface area contributed by atoms with Crippen LogP contribution in [-0.2, 0) is 4.79 Å². The molecule has 19 heavy (non-hydrogen) atoms. The molecule has 1 N–H and O–H groups in total. The summed E-state index contributed by atoms with van der Waals surface area (Å²) in [5.74, 6) is -0.206. The van der Waals surface area contributed by atoms with Crippen LogP contribution in [0.5, 0.6) is 5.75 Å². The third kappa shape index (κ3) is 3.44. The summed E-state index contributed by atoms with van der Waals surface area (Å²) in [7, 11) is 1.75. The molecule has 104 valence electrons. The molecule has 2 rings (SSSR count). The summed E-state index contributed by atoms with van der Waals surface area (Å²) < 4.78 is 18.5. The molecule has 0 radical (unpaired) electrons. The van der Waals surface area contributed by atoms with E-state index in [1.54, 1.807) is 11.9 Å². The first-order valence-electron chi connectivity index (χ1n) is 6.35. The number of hydrogen-bond acceptors (Lipinski definition) is 3. The normalized spacial score (nSPS) is 16.0. The van der Waals surface area contributed by atoms with Crippen LogP contribution in [0.2, 0.25) is 0 Å². The SMILES string of the molecule is CC(O)c1cc(F)ccc1OCC(=O)N(C)C1CC1. The van der Waals surface area contributed by atoms with E-state index in [0.717, 1.165) is 12.8 Å². The smallest absolute Gasteiger partial charge is 0.260 e. The van der Waals surface area contributed by atoms with Crippen molar-refractivity contribution in [3.8, 4) is 5.75 Å². The second-order valence-electron chi connectivity index (χ2n) is 4.88. The fourth-order valence-electron chi connectivity index (χ4n) is 1.88. The molecule has 0 saturated heterocycles. The first-order valence-corrected chi connectivity index (χ1v) is 6.35. The number of likely N-dealkylation sites (N-methyl/N-ethyl adjacent to an activating group) is 1. The molecule has 0 aliphatic heterocycles. The van der Waals surface area contributed by atoms with Crippen molar-refractivity contribution in [3.63, 3.8) is 0 Å². The van der Waals surface area contributed by atoms with Crippen LogP contribution in [0.15, 0.2) is 18.2 Å². The molecular formula is C14H18FNO3. The highest BCUT2D eigenvalue weighted by molar-refractivity contribution is 5.78. The van der Waals surface area contributed by atoms with Crippen molar-refractivity contribution in [3.05, 3.63) is 29.6 Å². The summed E-state index contributed by atoms with van der Waals surface area (Å²) in [4.78, 5) is 13.5. The number of hydrogen-bond donors (Lipinski definition) is 1. The van der Waals surface area contributed by atoms with E-state index < -0.39 is 11.9 Å². The van der Waals surface area contributed by atoms with Crippen LogP contribution in [0, 0.1) is 5.82 Å². The van der Waals surface area contributed by atoms with Crippen LogP contribution in [0.3, 0.4) is 0 Å². The van der Waals surface area contributed by atoms with Gasteiger partial charge in [0.25, 0.3) is 5.91 Å². The van der Waals surface area contributed by atoms with Gasteiger partial charge in [-0.05, 0) is 38.0 Å². The number of amides is 1. The third-order valence-electron chi connectivity index (χ3n) is 3.26. The van der Waals surface area contributed by atoms with E-state index in [1.807, 2.05) is 0 Å². The Balaban J connectivity index is 2.00. The lowest BCUT2D eigenvalue weighted by Gasteiger charge is -2.18. The summed E-state index contributed by atoms with van der Waals surface area (Å²) in [6, 6.07) is 4.23. The van der Waals surface area contributed by atoms with Crippen molar-refractivity contribution in [2.75, 3.05) is 13.7 Å². The Morgan fingerprint density at radius 3 is 2.84 bits per heavy atom. The molecule has 1 aliphatic carbocycles. The highest BCUT2D eigenvalue weighted by Gasteiger charge is 2.29. The number of halogens is 1. The molecule has 1 atom stereocenters. The zero-order valence-electron chi connectivity index (χ0n) is 11.1. The van der Waals surface area contributed by atoms with Gasteiger partial charge in [0, 0.05) is 18.7 Å². The van der Waals surface area contributed by atoms with Gasteiger partial charge in [0.05, 0.1) is 6.10 Å². The van der Waals surface area contributed by atoms with Crippen molar-refractivity contribution in [2.45, 2.75) is 31.9 Å². The second-order valence-corrected chi connectivity index (χ2v) is 4.88. The molecule has 0 aromatic heterocycles. The van der Waals surface area contributed by atoms with E-state index in [2.05, 4.69) is 0 Å². The highest BCUT2D eigenvalue weighted by Crippen LogP contribution is 2.27. The summed E-state index contributed by atoms with van der Waals surface area (Å²) in [5, 5.41) is 9.56. The second kappa shape index (κ2) is 5.57. The minimum Gasteiger partial charge on any atom is -0.483 e. The fourth-order valence-corrected chi connectivity index (χ4v) is 1.88. The predicted octanol–water partition coefficient (Wildman–Crippen LogP) is 1.88. The lowest BCUT2D eigenvalue weighted by Crippen LogP contribution is -2.33. The van der Waals surface area contributed by atoms with Gasteiger partial charge in [0.1, 0.15) is 11.6 Å². The van der Waals surface area contributed by atoms with Crippen LogP contribution >= 0.6 is 0 Å². The number of nitrogens with zero attached hydrogens (tertiary/aromatic N) is 1. The van der Waals surface area contributed by atoms with Crippen LogP contribution < -0.4 is 4.74 Å². The molecule has 0 spiro atoms. The standard InChI is InChI=1S/C14H18FNO3/c1-9(17)12-7-10(15)3-6-13(12)19-8-14(18)16(2)11-4-5-11/h3,6-7,9,11,17H,4-5,8H2,1-2H3. The molecule has 1 saturated carbocycles. The first-order chi connectivity index (χ1) is 8.99. The zero-order valence-corrected chi connectivity index (χ0v) is 11.1. The number of ether oxygens (including phenoxy) is 1. The fraction of sp³-hybridized carbons (Fsp3) is 0.500. The molecule has 1 amide bonds. The van der Waals surface area contributed by atoms with Crippen molar-refractivity contribution < 1.29 is 19.0 Å². The predicted molar refractivity (Wildman–Crippen MR) is 68.3 cm³/mol. The van der Waals surface area contributed by atoms with Crippen molar-refractivity contribution in [1.29, 1.82) is 0 Å². The molecule has 4 nitrogen and oxygen atoms in total. The van der Waals surface area contributed by atoms with Crippen LogP contribution in [0.1, 0.15) is 31.4 Å². The molecular weight excluding hydrogens is 249 g/mol. The lowest BCUT2D eigenvalue weighted by molar-refractivity contribution is -0.132. The molecule has 0 bridgehead atoms. The summed E-state index contributed by atoms with van der Waals surface area (Å²) >= 11 is 0. The van der Waals surface area contributed by atoms with Gasteiger partial charge in [-0.25, -0.2) is 4.39 Å². The Morgan fingerprint density at radius 1 is 1.58 bits per heavy atom. The van der Waals surface area contributed by atoms with Crippen LogP contribution in [0.25, 0.3) is 0 Å². The Kier molecular flexibility index (Phi) is 4.04. The average Bonchev–Trinajstić information content (AvgIpc) is 3.20. The Hall–Kier alpha value is -1.62. The maximum Gasteiger partial charge on any atom is 0.260 e. The first kappa shape index (κ1) is 13.8. The van der Waals surface area contributed by atoms with Crippen LogP contribution in [0.4, 0.5) is 4.39 Å². The molecule has 1 fully saturated rings. The quantitative estimate of drug-likeness (QED) is 0.886. The van der Waals surface area contributed by atoms with Gasteiger partial charge < -0.3 is 14.7 Å². The molecule has 1 unspecified atom stereocenters. The Labute approximate surface area is 111 Å². The molecule has 1 aliphatic rings. The van der Waals surface area contributed by atoms with E-state index >= 15 is 0 Å². The molecule has 5 heteroatoms. The van der Waals surface area contributed by atoms with Crippen molar-refractivity contribution in [2.24, 2.45) is 0 Å². The van der Waals surface area contributed by atoms with Crippen LogP contribution in [-0.4, -0.2) is 35.6 Å².